The lowest BCUT2D eigenvalue weighted by Gasteiger charge is -2.31. The molecule has 1 aromatic carbocycles. The number of nitrogens with one attached hydrogen (secondary N) is 1. The van der Waals surface area contributed by atoms with Gasteiger partial charge in [-0.25, -0.2) is 13.2 Å². The highest BCUT2D eigenvalue weighted by molar-refractivity contribution is 6.01. The Morgan fingerprint density at radius 1 is 1.21 bits per heavy atom. The number of pyridine rings is 2. The molecule has 1 N–H and O–H groups in total. The zero-order valence-electron chi connectivity index (χ0n) is 23.9. The van der Waals surface area contributed by atoms with Crippen molar-refractivity contribution in [2.45, 2.75) is 49.9 Å². The van der Waals surface area contributed by atoms with Gasteiger partial charge < -0.3 is 15.0 Å². The largest absolute Gasteiger partial charge is 0.461 e. The van der Waals surface area contributed by atoms with Crippen LogP contribution in [0.3, 0.4) is 0 Å². The van der Waals surface area contributed by atoms with Gasteiger partial charge in [0, 0.05) is 67.5 Å². The fraction of sp³-hybridized carbons (Fsp3) is 0.438. The SMILES string of the molecule is C#Cc1c(F)ccc2cncc(-c3ncc4c(N(C)C[C@@H]5CCCN5)nc(OC[C@@]56CCCN5C[C@H](F)C6)nc4c3F)c12. The Morgan fingerprint density at radius 2 is 2.09 bits per heavy atom. The first-order valence-corrected chi connectivity index (χ1v) is 14.7. The summed E-state index contributed by atoms with van der Waals surface area (Å²) < 4.78 is 51.9. The highest BCUT2D eigenvalue weighted by Crippen LogP contribution is 2.41. The molecule has 3 aliphatic rings. The molecule has 11 heteroatoms. The van der Waals surface area contributed by atoms with Crippen LogP contribution in [0.4, 0.5) is 19.0 Å². The van der Waals surface area contributed by atoms with Crippen molar-refractivity contribution in [1.29, 1.82) is 0 Å². The number of terminal acetylenes is 1. The molecule has 43 heavy (non-hydrogen) atoms. The second kappa shape index (κ2) is 10.9. The zero-order chi connectivity index (χ0) is 29.7. The van der Waals surface area contributed by atoms with Gasteiger partial charge >= 0.3 is 6.01 Å². The summed E-state index contributed by atoms with van der Waals surface area (Å²) in [6.07, 6.45) is 13.6. The van der Waals surface area contributed by atoms with Crippen LogP contribution in [0.25, 0.3) is 32.9 Å². The number of rotatable bonds is 7. The zero-order valence-corrected chi connectivity index (χ0v) is 23.9. The molecule has 3 fully saturated rings. The van der Waals surface area contributed by atoms with Gasteiger partial charge in [0.15, 0.2) is 5.82 Å². The number of aromatic nitrogens is 4. The molecular formula is C32H32F3N7O. The highest BCUT2D eigenvalue weighted by atomic mass is 19.1. The number of benzene rings is 1. The summed E-state index contributed by atoms with van der Waals surface area (Å²) >= 11 is 0. The summed E-state index contributed by atoms with van der Waals surface area (Å²) in [6.45, 7) is 3.03. The van der Waals surface area contributed by atoms with Gasteiger partial charge in [-0.3, -0.25) is 14.9 Å². The van der Waals surface area contributed by atoms with Crippen LogP contribution in [0.5, 0.6) is 6.01 Å². The minimum absolute atomic E-state index is 0.00972. The Morgan fingerprint density at radius 3 is 2.91 bits per heavy atom. The first-order chi connectivity index (χ1) is 20.9. The molecule has 8 nitrogen and oxygen atoms in total. The summed E-state index contributed by atoms with van der Waals surface area (Å²) in [5, 5.41) is 4.81. The second-order valence-electron chi connectivity index (χ2n) is 11.9. The van der Waals surface area contributed by atoms with Crippen LogP contribution < -0.4 is 15.0 Å². The minimum Gasteiger partial charge on any atom is -0.461 e. The van der Waals surface area contributed by atoms with E-state index in [1.165, 1.54) is 18.5 Å². The Balaban J connectivity index is 1.34. The van der Waals surface area contributed by atoms with E-state index in [0.717, 1.165) is 38.8 Å². The van der Waals surface area contributed by atoms with Crippen LogP contribution in [0.1, 0.15) is 37.7 Å². The molecule has 0 saturated carbocycles. The summed E-state index contributed by atoms with van der Waals surface area (Å²) in [7, 11) is 1.90. The van der Waals surface area contributed by atoms with Crippen LogP contribution in [-0.4, -0.2) is 82.4 Å². The number of halogens is 3. The maximum atomic E-state index is 16.6. The first kappa shape index (κ1) is 27.8. The van der Waals surface area contributed by atoms with Crippen molar-refractivity contribution in [1.82, 2.24) is 30.2 Å². The summed E-state index contributed by atoms with van der Waals surface area (Å²) in [4.78, 5) is 22.1. The van der Waals surface area contributed by atoms with E-state index < -0.39 is 23.3 Å². The predicted molar refractivity (Wildman–Crippen MR) is 159 cm³/mol. The van der Waals surface area contributed by atoms with E-state index in [1.807, 2.05) is 11.9 Å². The number of anilines is 1. The van der Waals surface area contributed by atoms with Crippen molar-refractivity contribution >= 4 is 27.5 Å². The van der Waals surface area contributed by atoms with Gasteiger partial charge in [-0.2, -0.15) is 9.97 Å². The number of hydrogen-bond donors (Lipinski definition) is 1. The molecule has 0 amide bonds. The first-order valence-electron chi connectivity index (χ1n) is 14.7. The van der Waals surface area contributed by atoms with Gasteiger partial charge in [-0.15, -0.1) is 6.42 Å². The van der Waals surface area contributed by atoms with Crippen molar-refractivity contribution in [2.24, 2.45) is 0 Å². The van der Waals surface area contributed by atoms with Crippen LogP contribution in [0, 0.1) is 24.0 Å². The number of likely N-dealkylation sites (N-methyl/N-ethyl adjacent to an activating group) is 1. The second-order valence-corrected chi connectivity index (χ2v) is 11.9. The summed E-state index contributed by atoms with van der Waals surface area (Å²) in [5.41, 5.74) is -0.182. The molecule has 0 unspecified atom stereocenters. The molecule has 4 aromatic rings. The lowest BCUT2D eigenvalue weighted by molar-refractivity contribution is 0.107. The third-order valence-corrected chi connectivity index (χ3v) is 9.17. The number of nitrogens with zero attached hydrogens (tertiary/aromatic N) is 6. The average molecular weight is 588 g/mol. The Labute approximate surface area is 247 Å². The fourth-order valence-corrected chi connectivity index (χ4v) is 7.11. The third-order valence-electron chi connectivity index (χ3n) is 9.17. The lowest BCUT2D eigenvalue weighted by atomic mass is 9.95. The van der Waals surface area contributed by atoms with Crippen molar-refractivity contribution in [3.63, 3.8) is 0 Å². The molecule has 3 atom stereocenters. The molecule has 7 rings (SSSR count). The summed E-state index contributed by atoms with van der Waals surface area (Å²) in [6, 6.07) is 3.10. The molecule has 0 radical (unpaired) electrons. The van der Waals surface area contributed by atoms with E-state index in [2.05, 4.69) is 31.1 Å². The molecule has 6 heterocycles. The lowest BCUT2D eigenvalue weighted by Crippen LogP contribution is -2.43. The van der Waals surface area contributed by atoms with Crippen molar-refractivity contribution in [2.75, 3.05) is 44.7 Å². The molecular weight excluding hydrogens is 555 g/mol. The van der Waals surface area contributed by atoms with Gasteiger partial charge in [-0.05, 0) is 50.9 Å². The third kappa shape index (κ3) is 4.82. The van der Waals surface area contributed by atoms with Crippen LogP contribution in [-0.2, 0) is 0 Å². The van der Waals surface area contributed by atoms with E-state index in [0.29, 0.717) is 41.5 Å². The normalized spacial score (nSPS) is 23.6. The van der Waals surface area contributed by atoms with Gasteiger partial charge in [0.1, 0.15) is 35.6 Å². The quantitative estimate of drug-likeness (QED) is 0.314. The minimum atomic E-state index is -0.903. The van der Waals surface area contributed by atoms with Crippen LogP contribution in [0.2, 0.25) is 0 Å². The van der Waals surface area contributed by atoms with Gasteiger partial charge in [0.2, 0.25) is 0 Å². The number of alkyl halides is 1. The van der Waals surface area contributed by atoms with Crippen molar-refractivity contribution < 1.29 is 17.9 Å². The molecule has 222 valence electrons. The fourth-order valence-electron chi connectivity index (χ4n) is 7.11. The van der Waals surface area contributed by atoms with E-state index in [9.17, 15) is 8.78 Å². The van der Waals surface area contributed by atoms with Gasteiger partial charge in [-0.1, -0.05) is 5.92 Å². The number of fused-ring (bicyclic) bond motifs is 3. The molecule has 3 aliphatic heterocycles. The van der Waals surface area contributed by atoms with E-state index >= 15 is 4.39 Å². The topological polar surface area (TPSA) is 79.3 Å². The Kier molecular flexibility index (Phi) is 7.06. The van der Waals surface area contributed by atoms with E-state index in [-0.39, 0.29) is 41.0 Å². The van der Waals surface area contributed by atoms with Crippen LogP contribution >= 0.6 is 0 Å². The molecule has 0 spiro atoms. The van der Waals surface area contributed by atoms with Crippen molar-refractivity contribution in [3.05, 3.63) is 47.9 Å². The maximum Gasteiger partial charge on any atom is 0.319 e. The smallest absolute Gasteiger partial charge is 0.319 e. The molecule has 0 bridgehead atoms. The standard InChI is InChI=1S/C32H32F3N7O/c1-3-22-25(34)8-7-19-13-36-14-23(26(19)22)28-27(35)29-24(15-38-28)30(41(2)17-21-6-4-10-37-21)40-31(39-29)43-18-32-9-5-11-42(32)16-20(33)12-32/h1,7-8,13-15,20-21,37H,4-6,9-12,16-18H2,2H3/t20-,21+,32+/m1/s1. The number of ether oxygens (including phenoxy) is 1. The van der Waals surface area contributed by atoms with E-state index in [4.69, 9.17) is 16.1 Å². The molecule has 0 aliphatic carbocycles. The highest BCUT2D eigenvalue weighted by Gasteiger charge is 2.49. The monoisotopic (exact) mass is 587 g/mol. The van der Waals surface area contributed by atoms with Gasteiger partial charge in [0.25, 0.3) is 0 Å². The van der Waals surface area contributed by atoms with Gasteiger partial charge in [0.05, 0.1) is 16.5 Å². The molecule has 3 aromatic heterocycles. The van der Waals surface area contributed by atoms with Crippen LogP contribution in [0.15, 0.2) is 30.7 Å². The molecule has 3 saturated heterocycles. The maximum absolute atomic E-state index is 16.6. The summed E-state index contributed by atoms with van der Waals surface area (Å²) in [5.74, 6) is 1.57. The van der Waals surface area contributed by atoms with Crippen molar-refractivity contribution in [3.8, 4) is 29.6 Å². The number of hydrogen-bond acceptors (Lipinski definition) is 8. The predicted octanol–water partition coefficient (Wildman–Crippen LogP) is 4.64. The average Bonchev–Trinajstić information content (AvgIpc) is 3.72. The Bertz CT molecular complexity index is 1760. The van der Waals surface area contributed by atoms with E-state index in [1.54, 1.807) is 12.3 Å². The Hall–Kier alpha value is -4.01.